The van der Waals surface area contributed by atoms with Crippen LogP contribution in [-0.4, -0.2) is 158 Å². The molecule has 8 saturated heterocycles. The maximum absolute atomic E-state index is 15.3. The predicted octanol–water partition coefficient (Wildman–Crippen LogP) is 11.6. The number of anilines is 2. The van der Waals surface area contributed by atoms with Crippen molar-refractivity contribution in [2.75, 3.05) is 82.5 Å². The number of rotatable bonds is 14. The van der Waals surface area contributed by atoms with E-state index in [9.17, 15) is 0 Å². The van der Waals surface area contributed by atoms with Crippen LogP contribution in [0.15, 0.2) is 72.8 Å². The fourth-order valence-corrected chi connectivity index (χ4v) is 17.7. The molecule has 0 radical (unpaired) electrons. The molecule has 0 aliphatic carbocycles. The highest BCUT2D eigenvalue weighted by molar-refractivity contribution is 7.20. The number of nitrogens with zero attached hydrogens (tertiary/aromatic N) is 11. The minimum Gasteiger partial charge on any atom is -0.497 e. The van der Waals surface area contributed by atoms with Gasteiger partial charge in [-0.2, -0.15) is 29.9 Å². The van der Waals surface area contributed by atoms with Crippen molar-refractivity contribution in [3.8, 4) is 45.4 Å². The Hall–Kier alpha value is -6.91. The standard InChI is InChI=1S/C64H72N12O7S2/c1-61(2,3)64-24-19-43(35-73(36-64)53-51-55(71-57(69-53)80-38-63-22-11-27-75(63)28-12-23-63)85-59(67-51)82-48-31-44(78-4)29-39-13-5-7-15-46(39)48)76(64)60(77)81-45-30-40-14-6-8-16-47(40)49(32-45)83-58-66-50-52(72-33-41-17-18-42(34-72)65-41)68-56(70-54(50)84-58)79-37-62-20-9-25-74(62)26-10-21-62/h5-8,13-16,29-32,41-43,65H,9-12,17-28,33-38H2,1-4H3. The molecule has 21 heteroatoms. The van der Waals surface area contributed by atoms with Gasteiger partial charge in [-0.05, 0) is 132 Å². The number of carbonyl (C=O) groups is 1. The molecule has 4 bridgehead atoms. The first-order valence-electron chi connectivity index (χ1n) is 30.7. The lowest BCUT2D eigenvalue weighted by Gasteiger charge is -2.54. The summed E-state index contributed by atoms with van der Waals surface area (Å²) < 4.78 is 39.2. The number of carbonyl (C=O) groups excluding carboxylic acids is 1. The number of hydrogen-bond acceptors (Lipinski definition) is 20. The molecule has 4 unspecified atom stereocenters. The highest BCUT2D eigenvalue weighted by Gasteiger charge is 2.60. The zero-order chi connectivity index (χ0) is 57.2. The molecule has 12 heterocycles. The molecule has 4 atom stereocenters. The maximum atomic E-state index is 15.3. The summed E-state index contributed by atoms with van der Waals surface area (Å²) in [6.45, 7) is 14.9. The van der Waals surface area contributed by atoms with Gasteiger partial charge in [0.1, 0.15) is 47.2 Å². The van der Waals surface area contributed by atoms with E-state index in [-0.39, 0.29) is 17.1 Å². The van der Waals surface area contributed by atoms with Crippen LogP contribution in [0.25, 0.3) is 42.2 Å². The predicted molar refractivity (Wildman–Crippen MR) is 329 cm³/mol. The molecule has 442 valence electrons. The largest absolute Gasteiger partial charge is 0.497 e. The summed E-state index contributed by atoms with van der Waals surface area (Å²) in [5, 5.41) is 8.30. The number of methoxy groups -OCH3 is 1. The topological polar surface area (TPSA) is 178 Å². The van der Waals surface area contributed by atoms with Gasteiger partial charge in [-0.1, -0.05) is 92.0 Å². The van der Waals surface area contributed by atoms with Crippen molar-refractivity contribution in [3.05, 3.63) is 72.8 Å². The van der Waals surface area contributed by atoms with Crippen molar-refractivity contribution >= 4 is 82.6 Å². The Morgan fingerprint density at radius 1 is 0.624 bits per heavy atom. The van der Waals surface area contributed by atoms with Crippen LogP contribution in [0.3, 0.4) is 0 Å². The maximum Gasteiger partial charge on any atom is 0.416 e. The number of benzene rings is 4. The van der Waals surface area contributed by atoms with Gasteiger partial charge in [-0.25, -0.2) is 4.79 Å². The van der Waals surface area contributed by atoms with Crippen LogP contribution in [-0.2, 0) is 0 Å². The zero-order valence-electron chi connectivity index (χ0n) is 48.8. The minimum atomic E-state index is -0.664. The first kappa shape index (κ1) is 53.6. The van der Waals surface area contributed by atoms with Gasteiger partial charge in [-0.15, -0.1) is 0 Å². The molecule has 0 saturated carbocycles. The van der Waals surface area contributed by atoms with Crippen LogP contribution in [0.2, 0.25) is 0 Å². The average Bonchev–Trinajstić information content (AvgIpc) is 1.69. The van der Waals surface area contributed by atoms with Crippen LogP contribution in [0.4, 0.5) is 16.4 Å². The van der Waals surface area contributed by atoms with E-state index in [0.717, 1.165) is 131 Å². The third kappa shape index (κ3) is 9.31. The number of ether oxygens (including phenoxy) is 6. The van der Waals surface area contributed by atoms with E-state index in [2.05, 4.69) is 45.7 Å². The summed E-state index contributed by atoms with van der Waals surface area (Å²) >= 11 is 2.76. The van der Waals surface area contributed by atoms with Gasteiger partial charge in [0, 0.05) is 61.2 Å². The summed E-state index contributed by atoms with van der Waals surface area (Å²) in [5.74, 6) is 3.68. The smallest absolute Gasteiger partial charge is 0.416 e. The van der Waals surface area contributed by atoms with E-state index in [4.69, 9.17) is 58.3 Å². The summed E-state index contributed by atoms with van der Waals surface area (Å²) in [7, 11) is 1.66. The number of thiazole rings is 2. The highest BCUT2D eigenvalue weighted by atomic mass is 32.1. The second-order valence-electron chi connectivity index (χ2n) is 26.2. The SMILES string of the molecule is COc1cc(Oc2nc3c(N4CC5CCC(C(C)(C)C)(C4)N5C(=O)Oc4cc(Oc5nc6c(N7CC8CCC(C7)N8)nc(OCC78CCCN7CCC8)nc6s5)c5ccccc5c4)nc(OCC45CCCN4CCC5)nc3s2)c2ccccc2c1. The minimum absolute atomic E-state index is 0.00131. The van der Waals surface area contributed by atoms with Crippen LogP contribution >= 0.6 is 22.7 Å². The first-order chi connectivity index (χ1) is 41.4. The van der Waals surface area contributed by atoms with E-state index in [1.54, 1.807) is 7.11 Å². The van der Waals surface area contributed by atoms with E-state index in [1.165, 1.54) is 35.5 Å². The van der Waals surface area contributed by atoms with Crippen LogP contribution in [0.5, 0.6) is 45.4 Å². The summed E-state index contributed by atoms with van der Waals surface area (Å²) in [5.41, 5.74) is 0.328. The molecular weight excluding hydrogens is 1110 g/mol. The van der Waals surface area contributed by atoms with E-state index < -0.39 is 17.0 Å². The molecule has 4 aromatic carbocycles. The summed E-state index contributed by atoms with van der Waals surface area (Å²) in [6.07, 6.45) is 12.6. The van der Waals surface area contributed by atoms with Gasteiger partial charge in [0.05, 0.1) is 29.8 Å². The van der Waals surface area contributed by atoms with E-state index >= 15 is 4.79 Å². The van der Waals surface area contributed by atoms with Gasteiger partial charge in [0.2, 0.25) is 0 Å². The Bertz CT molecular complexity index is 3900. The number of amides is 1. The zero-order valence-corrected chi connectivity index (χ0v) is 50.4. The van der Waals surface area contributed by atoms with E-state index in [1.807, 2.05) is 77.7 Å². The molecule has 1 N–H and O–H groups in total. The summed E-state index contributed by atoms with van der Waals surface area (Å²) in [4.78, 5) is 59.4. The fraction of sp³-hybridized carbons (Fsp3) is 0.516. The van der Waals surface area contributed by atoms with Crippen LogP contribution in [0.1, 0.15) is 97.8 Å². The number of aromatic nitrogens is 6. The quantitative estimate of drug-likeness (QED) is 0.109. The Morgan fingerprint density at radius 3 is 1.68 bits per heavy atom. The van der Waals surface area contributed by atoms with Crippen molar-refractivity contribution in [2.45, 2.75) is 133 Å². The lowest BCUT2D eigenvalue weighted by atomic mass is 9.71. The van der Waals surface area contributed by atoms with E-state index in [0.29, 0.717) is 110 Å². The number of nitrogens with one attached hydrogen (secondary N) is 1. The molecule has 8 aliphatic heterocycles. The van der Waals surface area contributed by atoms with Crippen molar-refractivity contribution in [1.29, 1.82) is 0 Å². The Kier molecular flexibility index (Phi) is 13.0. The molecule has 19 nitrogen and oxygen atoms in total. The molecule has 4 aromatic heterocycles. The lowest BCUT2D eigenvalue weighted by Crippen LogP contribution is -2.68. The van der Waals surface area contributed by atoms with Gasteiger partial charge in [0.25, 0.3) is 10.4 Å². The first-order valence-corrected chi connectivity index (χ1v) is 32.4. The Labute approximate surface area is 501 Å². The Morgan fingerprint density at radius 2 is 1.14 bits per heavy atom. The molecule has 16 rings (SSSR count). The lowest BCUT2D eigenvalue weighted by molar-refractivity contribution is 0.00846. The van der Waals surface area contributed by atoms with Gasteiger partial charge >= 0.3 is 18.1 Å². The molecule has 0 spiro atoms. The molecule has 85 heavy (non-hydrogen) atoms. The second-order valence-corrected chi connectivity index (χ2v) is 28.0. The second kappa shape index (κ2) is 20.6. The third-order valence-corrected chi connectivity index (χ3v) is 22.1. The molecule has 8 aliphatic rings. The third-order valence-electron chi connectivity index (χ3n) is 20.4. The highest BCUT2D eigenvalue weighted by Crippen LogP contribution is 2.52. The molecular formula is C64H72N12O7S2. The van der Waals surface area contributed by atoms with Crippen molar-refractivity contribution < 1.29 is 33.2 Å². The van der Waals surface area contributed by atoms with Gasteiger partial charge < -0.3 is 43.5 Å². The summed E-state index contributed by atoms with van der Waals surface area (Å²) in [6, 6.07) is 25.1. The number of piperazine rings is 2. The Balaban J connectivity index is 0.702. The van der Waals surface area contributed by atoms with Crippen molar-refractivity contribution in [1.82, 2.24) is 49.9 Å². The normalized spacial score (nSPS) is 24.3. The van der Waals surface area contributed by atoms with Gasteiger partial charge in [0.15, 0.2) is 21.3 Å². The number of fused-ring (bicyclic) bond motifs is 10. The fourth-order valence-electron chi connectivity index (χ4n) is 16.1. The monoisotopic (exact) mass is 1180 g/mol. The molecule has 8 fully saturated rings. The van der Waals surface area contributed by atoms with Crippen molar-refractivity contribution in [3.63, 3.8) is 0 Å². The van der Waals surface area contributed by atoms with Crippen molar-refractivity contribution in [2.24, 2.45) is 5.41 Å². The molecule has 1 amide bonds. The number of hydrogen-bond donors (Lipinski definition) is 1. The van der Waals surface area contributed by atoms with Crippen LogP contribution in [0, 0.1) is 5.41 Å². The van der Waals surface area contributed by atoms with Gasteiger partial charge in [-0.3, -0.25) is 14.7 Å². The molecule has 8 aromatic rings. The van der Waals surface area contributed by atoms with Crippen LogP contribution < -0.4 is 43.5 Å². The average molecular weight is 1190 g/mol.